The maximum Gasteiger partial charge on any atom is 0.146 e. The van der Waals surface area contributed by atoms with Crippen LogP contribution in [0.25, 0.3) is 104 Å². The molecule has 0 saturated carbocycles. The van der Waals surface area contributed by atoms with Crippen molar-refractivity contribution in [1.29, 1.82) is 0 Å². The van der Waals surface area contributed by atoms with Gasteiger partial charge in [0.1, 0.15) is 22.5 Å². The molecule has 1 aliphatic carbocycles. The second-order valence-corrected chi connectivity index (χ2v) is 13.0. The molecule has 2 heteroatoms. The fourth-order valence-corrected chi connectivity index (χ4v) is 8.47. The Morgan fingerprint density at radius 2 is 1.02 bits per heavy atom. The highest BCUT2D eigenvalue weighted by Crippen LogP contribution is 2.50. The van der Waals surface area contributed by atoms with E-state index in [4.69, 9.17) is 8.83 Å². The van der Waals surface area contributed by atoms with Crippen molar-refractivity contribution in [3.8, 4) is 22.3 Å². The highest BCUT2D eigenvalue weighted by atomic mass is 16.3. The van der Waals surface area contributed by atoms with E-state index < -0.39 is 0 Å². The van der Waals surface area contributed by atoms with Crippen molar-refractivity contribution in [2.45, 2.75) is 12.8 Å². The summed E-state index contributed by atoms with van der Waals surface area (Å²) in [5.74, 6) is 0.943. The lowest BCUT2D eigenvalue weighted by atomic mass is 9.83. The van der Waals surface area contributed by atoms with E-state index in [-0.39, 0.29) is 0 Å². The summed E-state index contributed by atoms with van der Waals surface area (Å²) >= 11 is 0. The predicted octanol–water partition coefficient (Wildman–Crippen LogP) is 13.2. The van der Waals surface area contributed by atoms with Gasteiger partial charge in [0.15, 0.2) is 0 Å². The van der Waals surface area contributed by atoms with Crippen molar-refractivity contribution in [1.82, 2.24) is 0 Å². The zero-order valence-electron chi connectivity index (χ0n) is 26.1. The first-order valence-electron chi connectivity index (χ1n) is 16.7. The van der Waals surface area contributed by atoms with Gasteiger partial charge in [-0.15, -0.1) is 0 Å². The number of hydrogen-bond donors (Lipinski definition) is 0. The van der Waals surface area contributed by atoms with Gasteiger partial charge >= 0.3 is 0 Å². The summed E-state index contributed by atoms with van der Waals surface area (Å²) in [6, 6.07) is 48.5. The Kier molecular flexibility index (Phi) is 5.25. The lowest BCUT2D eigenvalue weighted by Gasteiger charge is -2.20. The number of fused-ring (bicyclic) bond motifs is 12. The predicted molar refractivity (Wildman–Crippen MR) is 202 cm³/mol. The van der Waals surface area contributed by atoms with Crippen molar-refractivity contribution in [3.63, 3.8) is 0 Å². The minimum absolute atomic E-state index is 0.900. The van der Waals surface area contributed by atoms with E-state index >= 15 is 0 Å². The minimum Gasteiger partial charge on any atom is -0.456 e. The highest BCUT2D eigenvalue weighted by molar-refractivity contribution is 6.29. The minimum atomic E-state index is 0.900. The van der Waals surface area contributed by atoms with Gasteiger partial charge < -0.3 is 8.83 Å². The first-order chi connectivity index (χ1) is 23.8. The molecule has 0 aliphatic heterocycles. The third-order valence-corrected chi connectivity index (χ3v) is 10.5. The Bertz CT molecular complexity index is 2950. The molecule has 11 rings (SSSR count). The molecule has 1 aliphatic rings. The molecule has 0 fully saturated rings. The van der Waals surface area contributed by atoms with Crippen LogP contribution in [0.15, 0.2) is 148 Å². The van der Waals surface area contributed by atoms with E-state index in [1.807, 2.05) is 6.07 Å². The third kappa shape index (κ3) is 3.47. The van der Waals surface area contributed by atoms with E-state index in [0.29, 0.717) is 0 Å². The van der Waals surface area contributed by atoms with Crippen LogP contribution in [0.3, 0.4) is 0 Å². The summed E-state index contributed by atoms with van der Waals surface area (Å²) in [5, 5.41) is 13.3. The molecule has 0 bridgehead atoms. The van der Waals surface area contributed by atoms with Crippen molar-refractivity contribution in [2.75, 3.05) is 0 Å². The van der Waals surface area contributed by atoms with Crippen LogP contribution in [0.2, 0.25) is 0 Å². The third-order valence-electron chi connectivity index (χ3n) is 10.5. The number of rotatable bonds is 2. The number of para-hydroxylation sites is 1. The lowest BCUT2D eigenvalue weighted by molar-refractivity contribution is 0.596. The Labute approximate surface area is 276 Å². The van der Waals surface area contributed by atoms with Crippen LogP contribution in [0.1, 0.15) is 17.7 Å². The van der Waals surface area contributed by atoms with Crippen molar-refractivity contribution >= 4 is 82.1 Å². The molecule has 0 unspecified atom stereocenters. The molecule has 8 aromatic carbocycles. The number of aryl methyl sites for hydroxylation is 1. The number of allylic oxidation sites excluding steroid dienone is 1. The standard InChI is InChI=1S/C46H28O2/c1-2-14-28-27(13-1)25-37(30-16-4-3-15-29(28)30)42-32-18-5-7-20-34(32)43(35-21-8-6-19-33(35)42)39-26-38-31-17-9-11-23-40(31)47-45(38)44-36-22-10-12-24-41(36)48-46(39)44/h1-9,11-21,23-26H,10,22H2. The number of furan rings is 2. The first kappa shape index (κ1) is 26.0. The lowest BCUT2D eigenvalue weighted by Crippen LogP contribution is -1.93. The van der Waals surface area contributed by atoms with Gasteiger partial charge in [0.25, 0.3) is 0 Å². The number of hydrogen-bond acceptors (Lipinski definition) is 2. The van der Waals surface area contributed by atoms with Gasteiger partial charge in [-0.1, -0.05) is 121 Å². The average Bonchev–Trinajstić information content (AvgIpc) is 3.72. The second kappa shape index (κ2) is 9.70. The average molecular weight is 613 g/mol. The molecular formula is C46H28O2. The van der Waals surface area contributed by atoms with Crippen LogP contribution in [-0.4, -0.2) is 0 Å². The fraction of sp³-hybridized carbons (Fsp3) is 0.0435. The van der Waals surface area contributed by atoms with Crippen LogP contribution >= 0.6 is 0 Å². The van der Waals surface area contributed by atoms with Crippen LogP contribution in [-0.2, 0) is 6.42 Å². The Morgan fingerprint density at radius 1 is 0.438 bits per heavy atom. The SMILES string of the molecule is C1=Cc2oc3c(-c4c5ccccc5c(-c5cc6ccccc6c6ccccc56)c5ccccc45)cc4c5ccccc5oc4c3c2CC1. The molecule has 0 radical (unpaired) electrons. The summed E-state index contributed by atoms with van der Waals surface area (Å²) in [7, 11) is 0. The van der Waals surface area contributed by atoms with Crippen LogP contribution in [0.4, 0.5) is 0 Å². The summed E-state index contributed by atoms with van der Waals surface area (Å²) < 4.78 is 13.5. The van der Waals surface area contributed by atoms with E-state index in [0.717, 1.165) is 57.1 Å². The molecule has 0 atom stereocenters. The Morgan fingerprint density at radius 3 is 1.75 bits per heavy atom. The molecule has 0 N–H and O–H groups in total. The van der Waals surface area contributed by atoms with Crippen molar-refractivity contribution in [3.05, 3.63) is 151 Å². The maximum atomic E-state index is 6.85. The fourth-order valence-electron chi connectivity index (χ4n) is 8.47. The zero-order valence-corrected chi connectivity index (χ0v) is 26.1. The normalized spacial score (nSPS) is 13.2. The molecule has 2 nitrogen and oxygen atoms in total. The Hall–Kier alpha value is -6.12. The molecule has 0 saturated heterocycles. The summed E-state index contributed by atoms with van der Waals surface area (Å²) in [5.41, 5.74) is 8.78. The molecule has 48 heavy (non-hydrogen) atoms. The Balaban J connectivity index is 1.34. The molecule has 224 valence electrons. The molecular weight excluding hydrogens is 585 g/mol. The quantitative estimate of drug-likeness (QED) is 0.143. The van der Waals surface area contributed by atoms with E-state index in [2.05, 4.69) is 140 Å². The van der Waals surface area contributed by atoms with Gasteiger partial charge in [-0.25, -0.2) is 0 Å². The van der Waals surface area contributed by atoms with Crippen molar-refractivity contribution in [2.24, 2.45) is 0 Å². The number of benzene rings is 8. The van der Waals surface area contributed by atoms with Crippen LogP contribution in [0.5, 0.6) is 0 Å². The monoisotopic (exact) mass is 612 g/mol. The van der Waals surface area contributed by atoms with Gasteiger partial charge in [0.2, 0.25) is 0 Å². The summed E-state index contributed by atoms with van der Waals surface area (Å²) in [4.78, 5) is 0. The van der Waals surface area contributed by atoms with Gasteiger partial charge in [-0.05, 0) is 91.3 Å². The van der Waals surface area contributed by atoms with Crippen molar-refractivity contribution < 1.29 is 8.83 Å². The van der Waals surface area contributed by atoms with Gasteiger partial charge in [-0.3, -0.25) is 0 Å². The van der Waals surface area contributed by atoms with Gasteiger partial charge in [0, 0.05) is 27.5 Å². The van der Waals surface area contributed by atoms with Gasteiger partial charge in [0.05, 0.1) is 5.39 Å². The zero-order chi connectivity index (χ0) is 31.3. The molecule has 10 aromatic rings. The van der Waals surface area contributed by atoms with E-state index in [1.165, 1.54) is 65.3 Å². The van der Waals surface area contributed by atoms with E-state index in [1.54, 1.807) is 0 Å². The van der Waals surface area contributed by atoms with Crippen LogP contribution < -0.4 is 0 Å². The van der Waals surface area contributed by atoms with E-state index in [9.17, 15) is 0 Å². The maximum absolute atomic E-state index is 6.85. The second-order valence-electron chi connectivity index (χ2n) is 13.0. The largest absolute Gasteiger partial charge is 0.456 e. The van der Waals surface area contributed by atoms with Gasteiger partial charge in [-0.2, -0.15) is 0 Å². The summed E-state index contributed by atoms with van der Waals surface area (Å²) in [6.45, 7) is 0. The molecule has 0 spiro atoms. The molecule has 2 heterocycles. The van der Waals surface area contributed by atoms with Crippen LogP contribution in [0, 0.1) is 0 Å². The molecule has 2 aromatic heterocycles. The first-order valence-corrected chi connectivity index (χ1v) is 16.7. The highest BCUT2D eigenvalue weighted by Gasteiger charge is 2.27. The smallest absolute Gasteiger partial charge is 0.146 e. The summed E-state index contributed by atoms with van der Waals surface area (Å²) in [6.07, 6.45) is 6.28. The molecule has 0 amide bonds. The topological polar surface area (TPSA) is 26.3 Å².